The second kappa shape index (κ2) is 7.54. The van der Waals surface area contributed by atoms with Crippen LogP contribution >= 0.6 is 11.6 Å². The van der Waals surface area contributed by atoms with Gasteiger partial charge in [0, 0.05) is 16.7 Å². The summed E-state index contributed by atoms with van der Waals surface area (Å²) in [6.07, 6.45) is 0.202. The number of esters is 1. The Morgan fingerprint density at radius 3 is 2.80 bits per heavy atom. The minimum Gasteiger partial charge on any atom is -0.464 e. The number of nitro benzene ring substituents is 1. The summed E-state index contributed by atoms with van der Waals surface area (Å²) in [4.78, 5) is 32.3. The van der Waals surface area contributed by atoms with E-state index in [1.54, 1.807) is 6.92 Å². The molecule has 1 aromatic rings. The number of nitro groups is 1. The minimum absolute atomic E-state index is 0.0464. The monoisotopic (exact) mass is 300 g/mol. The van der Waals surface area contributed by atoms with E-state index in [4.69, 9.17) is 16.3 Å². The third-order valence-electron chi connectivity index (χ3n) is 2.62. The third-order valence-corrected chi connectivity index (χ3v) is 2.85. The van der Waals surface area contributed by atoms with Crippen LogP contribution in [0.25, 0.3) is 0 Å². The van der Waals surface area contributed by atoms with E-state index >= 15 is 0 Å². The fourth-order valence-electron chi connectivity index (χ4n) is 1.66. The fourth-order valence-corrected chi connectivity index (χ4v) is 1.83. The lowest BCUT2D eigenvalue weighted by atomic mass is 10.0. The minimum atomic E-state index is -1.16. The molecule has 0 aliphatic rings. The lowest BCUT2D eigenvalue weighted by Crippen LogP contribution is -2.21. The van der Waals surface area contributed by atoms with Crippen LogP contribution in [0.5, 0.6) is 0 Å². The highest BCUT2D eigenvalue weighted by atomic mass is 35.5. The summed E-state index contributed by atoms with van der Waals surface area (Å²) < 4.78 is 4.69. The zero-order valence-electron chi connectivity index (χ0n) is 10.7. The van der Waals surface area contributed by atoms with Gasteiger partial charge in [0.25, 0.3) is 5.69 Å². The number of rotatable bonds is 7. The maximum absolute atomic E-state index is 11.4. The molecule has 1 unspecified atom stereocenters. The maximum atomic E-state index is 11.4. The van der Waals surface area contributed by atoms with Crippen molar-refractivity contribution < 1.29 is 14.5 Å². The number of nitroso groups, excluding NO2 is 1. The van der Waals surface area contributed by atoms with Crippen LogP contribution in [0.1, 0.15) is 18.9 Å². The molecule has 108 valence electrons. The summed E-state index contributed by atoms with van der Waals surface area (Å²) in [6, 6.07) is 3.07. The zero-order chi connectivity index (χ0) is 15.1. The molecule has 0 spiro atoms. The van der Waals surface area contributed by atoms with Crippen molar-refractivity contribution in [3.63, 3.8) is 0 Å². The van der Waals surface area contributed by atoms with Gasteiger partial charge in [0.05, 0.1) is 11.5 Å². The Labute approximate surface area is 120 Å². The average Bonchev–Trinajstić information content (AvgIpc) is 2.41. The van der Waals surface area contributed by atoms with Gasteiger partial charge < -0.3 is 4.74 Å². The van der Waals surface area contributed by atoms with Gasteiger partial charge in [-0.25, -0.2) is 4.79 Å². The molecule has 8 heteroatoms. The number of ether oxygens (including phenoxy) is 1. The first kappa shape index (κ1) is 16.0. The number of hydrogen-bond acceptors (Lipinski definition) is 6. The second-order valence-electron chi connectivity index (χ2n) is 3.94. The van der Waals surface area contributed by atoms with Gasteiger partial charge in [-0.1, -0.05) is 22.8 Å². The van der Waals surface area contributed by atoms with E-state index < -0.39 is 16.9 Å². The van der Waals surface area contributed by atoms with Crippen molar-refractivity contribution in [2.45, 2.75) is 25.8 Å². The molecule has 1 rings (SSSR count). The normalized spacial score (nSPS) is 11.7. The first-order valence-corrected chi connectivity index (χ1v) is 6.29. The van der Waals surface area contributed by atoms with Crippen LogP contribution in [-0.4, -0.2) is 23.5 Å². The summed E-state index contributed by atoms with van der Waals surface area (Å²) >= 11 is 5.70. The number of carbonyl (C=O) groups is 1. The van der Waals surface area contributed by atoms with E-state index in [0.29, 0.717) is 5.56 Å². The van der Waals surface area contributed by atoms with Gasteiger partial charge in [0.1, 0.15) is 0 Å². The number of benzene rings is 1. The molecule has 0 bridgehead atoms. The van der Waals surface area contributed by atoms with Crippen LogP contribution in [0.2, 0.25) is 5.02 Å². The molecule has 20 heavy (non-hydrogen) atoms. The number of halogens is 1. The summed E-state index contributed by atoms with van der Waals surface area (Å²) in [5.41, 5.74) is 0.239. The summed E-state index contributed by atoms with van der Waals surface area (Å²) in [6.45, 7) is 1.76. The van der Waals surface area contributed by atoms with Gasteiger partial charge in [0.15, 0.2) is 6.04 Å². The van der Waals surface area contributed by atoms with Gasteiger partial charge in [0.2, 0.25) is 0 Å². The molecular formula is C12H13ClN2O5. The summed E-state index contributed by atoms with van der Waals surface area (Å²) in [7, 11) is 0. The highest BCUT2D eigenvalue weighted by Crippen LogP contribution is 2.25. The molecule has 0 radical (unpaired) electrons. The second-order valence-corrected chi connectivity index (χ2v) is 4.38. The van der Waals surface area contributed by atoms with Gasteiger partial charge >= 0.3 is 5.97 Å². The number of aryl methyl sites for hydroxylation is 1. The third kappa shape index (κ3) is 4.27. The Hall–Kier alpha value is -2.02. The van der Waals surface area contributed by atoms with Crippen molar-refractivity contribution >= 4 is 23.3 Å². The van der Waals surface area contributed by atoms with Crippen LogP contribution < -0.4 is 0 Å². The zero-order valence-corrected chi connectivity index (χ0v) is 11.5. The molecule has 0 amide bonds. The van der Waals surface area contributed by atoms with Gasteiger partial charge in [-0.2, -0.15) is 0 Å². The molecule has 0 N–H and O–H groups in total. The van der Waals surface area contributed by atoms with Crippen LogP contribution in [0.15, 0.2) is 23.4 Å². The van der Waals surface area contributed by atoms with Crippen molar-refractivity contribution in [1.82, 2.24) is 0 Å². The van der Waals surface area contributed by atoms with E-state index in [9.17, 15) is 19.8 Å². The highest BCUT2D eigenvalue weighted by molar-refractivity contribution is 6.30. The van der Waals surface area contributed by atoms with Crippen molar-refractivity contribution in [3.05, 3.63) is 43.8 Å². The first-order valence-electron chi connectivity index (χ1n) is 5.91. The molecule has 0 fully saturated rings. The molecule has 7 nitrogen and oxygen atoms in total. The van der Waals surface area contributed by atoms with Crippen LogP contribution in [0, 0.1) is 15.0 Å². The van der Waals surface area contributed by atoms with Gasteiger partial charge in [-0.3, -0.25) is 10.1 Å². The summed E-state index contributed by atoms with van der Waals surface area (Å²) in [5.74, 6) is -0.723. The quantitative estimate of drug-likeness (QED) is 0.333. The van der Waals surface area contributed by atoms with Gasteiger partial charge in [-0.15, -0.1) is 4.91 Å². The molecule has 0 heterocycles. The Bertz CT molecular complexity index is 521. The molecule has 0 saturated heterocycles. The van der Waals surface area contributed by atoms with E-state index in [-0.39, 0.29) is 30.2 Å². The van der Waals surface area contributed by atoms with Crippen molar-refractivity contribution in [2.24, 2.45) is 5.18 Å². The fraction of sp³-hybridized carbons (Fsp3) is 0.417. The topological polar surface area (TPSA) is 98.9 Å². The van der Waals surface area contributed by atoms with E-state index in [1.807, 2.05) is 0 Å². The Balaban J connectivity index is 2.81. The van der Waals surface area contributed by atoms with Crippen molar-refractivity contribution in [1.29, 1.82) is 0 Å². The maximum Gasteiger partial charge on any atom is 0.334 e. The van der Waals surface area contributed by atoms with Crippen molar-refractivity contribution in [2.75, 3.05) is 6.61 Å². The molecule has 0 aliphatic carbocycles. The summed E-state index contributed by atoms with van der Waals surface area (Å²) in [5, 5.41) is 13.8. The van der Waals surface area contributed by atoms with E-state index in [2.05, 4.69) is 5.18 Å². The van der Waals surface area contributed by atoms with E-state index in [0.717, 1.165) is 0 Å². The molecule has 0 saturated carbocycles. The highest BCUT2D eigenvalue weighted by Gasteiger charge is 2.22. The molecule has 1 atom stereocenters. The predicted octanol–water partition coefficient (Wildman–Crippen LogP) is 2.88. The molecule has 1 aromatic carbocycles. The molecule has 0 aliphatic heterocycles. The molecule has 0 aromatic heterocycles. The lowest BCUT2D eigenvalue weighted by Gasteiger charge is -2.08. The van der Waals surface area contributed by atoms with Crippen molar-refractivity contribution in [3.8, 4) is 0 Å². The number of nitrogens with zero attached hydrogens (tertiary/aromatic N) is 2. The lowest BCUT2D eigenvalue weighted by molar-refractivity contribution is -0.385. The number of hydrogen-bond donors (Lipinski definition) is 0. The predicted molar refractivity (Wildman–Crippen MR) is 72.6 cm³/mol. The average molecular weight is 301 g/mol. The first-order chi connectivity index (χ1) is 9.49. The number of carbonyl (C=O) groups excluding carboxylic acids is 1. The molecular weight excluding hydrogens is 288 g/mol. The standard InChI is InChI=1S/C12H13ClN2O5/c1-2-20-12(16)10(14-17)6-4-8-3-5-9(13)7-11(8)15(18)19/h3,5,7,10H,2,4,6H2,1H3. The van der Waals surface area contributed by atoms with Crippen LogP contribution in [-0.2, 0) is 16.0 Å². The SMILES string of the molecule is CCOC(=O)C(CCc1ccc(Cl)cc1[N+](=O)[O-])N=O. The Morgan fingerprint density at radius 2 is 2.25 bits per heavy atom. The Kier molecular flexibility index (Phi) is 6.05. The smallest absolute Gasteiger partial charge is 0.334 e. The van der Waals surface area contributed by atoms with Gasteiger partial charge in [-0.05, 0) is 25.8 Å². The largest absolute Gasteiger partial charge is 0.464 e. The van der Waals surface area contributed by atoms with Crippen LogP contribution in [0.3, 0.4) is 0 Å². The van der Waals surface area contributed by atoms with E-state index in [1.165, 1.54) is 18.2 Å². The Morgan fingerprint density at radius 1 is 1.55 bits per heavy atom. The van der Waals surface area contributed by atoms with Crippen LogP contribution in [0.4, 0.5) is 5.69 Å².